The Labute approximate surface area is 97.2 Å². The first-order valence-electron chi connectivity index (χ1n) is 4.65. The maximum atomic E-state index is 13.3. The number of rotatable bonds is 4. The maximum absolute atomic E-state index is 13.3. The molecule has 1 aromatic rings. The van der Waals surface area contributed by atoms with Crippen LogP contribution in [-0.2, 0) is 9.53 Å². The van der Waals surface area contributed by atoms with Crippen LogP contribution < -0.4 is 0 Å². The normalized spacial score (nSPS) is 9.56. The summed E-state index contributed by atoms with van der Waals surface area (Å²) in [6.07, 6.45) is 0. The van der Waals surface area contributed by atoms with E-state index in [0.717, 1.165) is 17.8 Å². The average molecular weight is 239 g/mol. The summed E-state index contributed by atoms with van der Waals surface area (Å²) in [5.74, 6) is -0.805. The van der Waals surface area contributed by atoms with Crippen molar-refractivity contribution in [3.8, 4) is 6.07 Å². The molecule has 0 spiro atoms. The number of nitrogens with zero attached hydrogens (tertiary/aromatic N) is 1. The van der Waals surface area contributed by atoms with Crippen LogP contribution >= 0.6 is 11.8 Å². The Bertz CT molecular complexity index is 428. The molecule has 5 heteroatoms. The highest BCUT2D eigenvalue weighted by Gasteiger charge is 2.07. The van der Waals surface area contributed by atoms with E-state index in [1.54, 1.807) is 6.92 Å². The average Bonchev–Trinajstić information content (AvgIpc) is 2.27. The van der Waals surface area contributed by atoms with E-state index >= 15 is 0 Å². The molecule has 16 heavy (non-hydrogen) atoms. The van der Waals surface area contributed by atoms with Crippen molar-refractivity contribution in [2.75, 3.05) is 12.4 Å². The Morgan fingerprint density at radius 1 is 1.62 bits per heavy atom. The molecule has 1 aromatic carbocycles. The lowest BCUT2D eigenvalue weighted by Crippen LogP contribution is -2.06. The number of nitriles is 1. The first-order chi connectivity index (χ1) is 7.67. The van der Waals surface area contributed by atoms with E-state index in [2.05, 4.69) is 0 Å². The van der Waals surface area contributed by atoms with Gasteiger partial charge in [-0.15, -0.1) is 11.8 Å². The zero-order chi connectivity index (χ0) is 12.0. The van der Waals surface area contributed by atoms with Gasteiger partial charge in [-0.25, -0.2) is 4.39 Å². The van der Waals surface area contributed by atoms with Crippen LogP contribution in [-0.4, -0.2) is 18.3 Å². The number of esters is 1. The molecule has 1 rings (SSSR count). The van der Waals surface area contributed by atoms with Crippen molar-refractivity contribution in [1.82, 2.24) is 0 Å². The Kier molecular flexibility index (Phi) is 4.80. The maximum Gasteiger partial charge on any atom is 0.316 e. The molecule has 0 aliphatic carbocycles. The zero-order valence-corrected chi connectivity index (χ0v) is 9.51. The largest absolute Gasteiger partial charge is 0.465 e. The molecule has 0 radical (unpaired) electrons. The molecular weight excluding hydrogens is 229 g/mol. The summed E-state index contributed by atoms with van der Waals surface area (Å²) in [4.78, 5) is 11.4. The predicted molar refractivity (Wildman–Crippen MR) is 58.5 cm³/mol. The minimum absolute atomic E-state index is 0.0661. The fourth-order valence-electron chi connectivity index (χ4n) is 1.03. The van der Waals surface area contributed by atoms with Gasteiger partial charge < -0.3 is 4.74 Å². The highest BCUT2D eigenvalue weighted by Crippen LogP contribution is 2.22. The second kappa shape index (κ2) is 6.13. The molecule has 0 heterocycles. The van der Waals surface area contributed by atoms with Crippen molar-refractivity contribution >= 4 is 17.7 Å². The first kappa shape index (κ1) is 12.5. The molecule has 0 aliphatic rings. The number of ether oxygens (including phenoxy) is 1. The van der Waals surface area contributed by atoms with Gasteiger partial charge in [0, 0.05) is 4.90 Å². The fourth-order valence-corrected chi connectivity index (χ4v) is 1.74. The molecule has 0 amide bonds. The summed E-state index contributed by atoms with van der Waals surface area (Å²) >= 11 is 1.06. The number of benzene rings is 1. The summed E-state index contributed by atoms with van der Waals surface area (Å²) in [7, 11) is 0. The van der Waals surface area contributed by atoms with E-state index < -0.39 is 5.82 Å². The van der Waals surface area contributed by atoms with Crippen LogP contribution in [0.4, 0.5) is 4.39 Å². The van der Waals surface area contributed by atoms with E-state index in [-0.39, 0.29) is 17.3 Å². The Morgan fingerprint density at radius 3 is 2.94 bits per heavy atom. The third-order valence-corrected chi connectivity index (χ3v) is 2.73. The molecule has 0 unspecified atom stereocenters. The highest BCUT2D eigenvalue weighted by atomic mass is 32.2. The van der Waals surface area contributed by atoms with Crippen LogP contribution in [0.1, 0.15) is 12.5 Å². The van der Waals surface area contributed by atoms with Crippen LogP contribution in [0.25, 0.3) is 0 Å². The minimum Gasteiger partial charge on any atom is -0.465 e. The third-order valence-electron chi connectivity index (χ3n) is 1.71. The van der Waals surface area contributed by atoms with Crippen LogP contribution in [0.5, 0.6) is 0 Å². The van der Waals surface area contributed by atoms with E-state index in [1.165, 1.54) is 12.1 Å². The number of carbonyl (C=O) groups is 1. The van der Waals surface area contributed by atoms with Gasteiger partial charge in [-0.3, -0.25) is 4.79 Å². The lowest BCUT2D eigenvalue weighted by molar-refractivity contribution is -0.139. The van der Waals surface area contributed by atoms with Crippen LogP contribution in [0, 0.1) is 17.1 Å². The van der Waals surface area contributed by atoms with Gasteiger partial charge in [-0.2, -0.15) is 5.26 Å². The second-order valence-corrected chi connectivity index (χ2v) is 3.87. The Hall–Kier alpha value is -1.54. The third kappa shape index (κ3) is 3.55. The van der Waals surface area contributed by atoms with Gasteiger partial charge >= 0.3 is 5.97 Å². The zero-order valence-electron chi connectivity index (χ0n) is 8.70. The number of hydrogen-bond acceptors (Lipinski definition) is 4. The van der Waals surface area contributed by atoms with E-state index in [1.807, 2.05) is 6.07 Å². The number of thioether (sulfide) groups is 1. The molecule has 0 aromatic heterocycles. The van der Waals surface area contributed by atoms with Crippen molar-refractivity contribution in [2.24, 2.45) is 0 Å². The van der Waals surface area contributed by atoms with E-state index in [4.69, 9.17) is 10.00 Å². The topological polar surface area (TPSA) is 50.1 Å². The predicted octanol–water partition coefficient (Wildman–Crippen LogP) is 2.35. The lowest BCUT2D eigenvalue weighted by Gasteiger charge is -2.03. The van der Waals surface area contributed by atoms with Crippen molar-refractivity contribution < 1.29 is 13.9 Å². The lowest BCUT2D eigenvalue weighted by atomic mass is 10.2. The molecule has 3 nitrogen and oxygen atoms in total. The van der Waals surface area contributed by atoms with Crippen LogP contribution in [0.3, 0.4) is 0 Å². The van der Waals surface area contributed by atoms with Crippen LogP contribution in [0.15, 0.2) is 23.1 Å². The molecule has 0 saturated heterocycles. The van der Waals surface area contributed by atoms with Gasteiger partial charge in [-0.1, -0.05) is 0 Å². The van der Waals surface area contributed by atoms with Gasteiger partial charge in [0.1, 0.15) is 5.82 Å². The molecule has 84 valence electrons. The minimum atomic E-state index is -0.492. The highest BCUT2D eigenvalue weighted by molar-refractivity contribution is 8.00. The molecule has 0 N–H and O–H groups in total. The smallest absolute Gasteiger partial charge is 0.316 e. The monoisotopic (exact) mass is 239 g/mol. The fraction of sp³-hybridized carbons (Fsp3) is 0.273. The van der Waals surface area contributed by atoms with Gasteiger partial charge in [0.2, 0.25) is 0 Å². The molecule has 0 fully saturated rings. The molecule has 0 bridgehead atoms. The summed E-state index contributed by atoms with van der Waals surface area (Å²) in [5, 5.41) is 8.54. The van der Waals surface area contributed by atoms with Crippen molar-refractivity contribution in [1.29, 1.82) is 5.26 Å². The standard InChI is InChI=1S/C11H10FNO2S/c1-2-15-11(14)7-16-10-4-3-8(6-13)5-9(10)12/h3-5H,2,7H2,1H3. The van der Waals surface area contributed by atoms with Gasteiger partial charge in [-0.05, 0) is 25.1 Å². The molecule has 0 aliphatic heterocycles. The number of halogens is 1. The van der Waals surface area contributed by atoms with Gasteiger partial charge in [0.25, 0.3) is 0 Å². The molecular formula is C11H10FNO2S. The van der Waals surface area contributed by atoms with Gasteiger partial charge in [0.15, 0.2) is 0 Å². The van der Waals surface area contributed by atoms with Crippen LogP contribution in [0.2, 0.25) is 0 Å². The van der Waals surface area contributed by atoms with Gasteiger partial charge in [0.05, 0.1) is 24.0 Å². The van der Waals surface area contributed by atoms with E-state index in [9.17, 15) is 9.18 Å². The Balaban J connectivity index is 2.62. The quantitative estimate of drug-likeness (QED) is 0.597. The molecule has 0 atom stereocenters. The summed E-state index contributed by atoms with van der Waals surface area (Å²) < 4.78 is 18.1. The van der Waals surface area contributed by atoms with Crippen molar-refractivity contribution in [3.05, 3.63) is 29.6 Å². The molecule has 0 saturated carbocycles. The van der Waals surface area contributed by atoms with Crippen molar-refractivity contribution in [3.63, 3.8) is 0 Å². The number of carbonyl (C=O) groups excluding carboxylic acids is 1. The first-order valence-corrected chi connectivity index (χ1v) is 5.64. The SMILES string of the molecule is CCOC(=O)CSc1ccc(C#N)cc1F. The summed E-state index contributed by atoms with van der Waals surface area (Å²) in [6, 6.07) is 5.98. The number of hydrogen-bond donors (Lipinski definition) is 0. The Morgan fingerprint density at radius 2 is 2.38 bits per heavy atom. The van der Waals surface area contributed by atoms with Crippen molar-refractivity contribution in [2.45, 2.75) is 11.8 Å². The van der Waals surface area contributed by atoms with E-state index in [0.29, 0.717) is 11.5 Å². The summed E-state index contributed by atoms with van der Waals surface area (Å²) in [6.45, 7) is 2.03. The summed E-state index contributed by atoms with van der Waals surface area (Å²) in [5.41, 5.74) is 0.262. The second-order valence-electron chi connectivity index (χ2n) is 2.85.